The number of aryl methyl sites for hydroxylation is 1. The Kier molecular flexibility index (Phi) is 9.09. The van der Waals surface area contributed by atoms with Gasteiger partial charge in [0, 0.05) is 24.8 Å². The molecule has 0 atom stereocenters. The SMILES string of the molecule is CCCCCN=C(C=CN)c1ccc(OCc2c(NC)cccc2OC)c(C)c1. The molecule has 0 saturated heterocycles. The molecule has 3 N–H and O–H groups in total. The molecule has 5 nitrogen and oxygen atoms in total. The van der Waals surface area contributed by atoms with E-state index >= 15 is 0 Å². The van der Waals surface area contributed by atoms with Gasteiger partial charge in [-0.3, -0.25) is 4.99 Å². The van der Waals surface area contributed by atoms with Gasteiger partial charge in [-0.05, 0) is 61.5 Å². The smallest absolute Gasteiger partial charge is 0.127 e. The maximum absolute atomic E-state index is 6.11. The summed E-state index contributed by atoms with van der Waals surface area (Å²) < 4.78 is 11.6. The van der Waals surface area contributed by atoms with Crippen LogP contribution in [0.1, 0.15) is 42.9 Å². The number of aliphatic imine (C=N–C) groups is 1. The number of nitrogens with two attached hydrogens (primary N) is 1. The van der Waals surface area contributed by atoms with Crippen LogP contribution in [0.5, 0.6) is 11.5 Å². The van der Waals surface area contributed by atoms with Crippen molar-refractivity contribution in [1.29, 1.82) is 0 Å². The number of ether oxygens (including phenoxy) is 2. The van der Waals surface area contributed by atoms with E-state index in [2.05, 4.69) is 18.3 Å². The second-order valence-electron chi connectivity index (χ2n) is 6.84. The Morgan fingerprint density at radius 2 is 2.00 bits per heavy atom. The van der Waals surface area contributed by atoms with Crippen LogP contribution < -0.4 is 20.5 Å². The molecule has 0 heterocycles. The van der Waals surface area contributed by atoms with E-state index in [-0.39, 0.29) is 0 Å². The summed E-state index contributed by atoms with van der Waals surface area (Å²) in [6, 6.07) is 12.0. The number of hydrogen-bond donors (Lipinski definition) is 2. The Bertz CT molecular complexity index is 822. The van der Waals surface area contributed by atoms with Crippen LogP contribution in [0.4, 0.5) is 5.69 Å². The second-order valence-corrected chi connectivity index (χ2v) is 6.84. The van der Waals surface area contributed by atoms with Gasteiger partial charge in [-0.25, -0.2) is 0 Å². The molecule has 0 aliphatic carbocycles. The zero-order chi connectivity index (χ0) is 21.1. The third-order valence-electron chi connectivity index (χ3n) is 4.76. The quantitative estimate of drug-likeness (QED) is 0.411. The topological polar surface area (TPSA) is 68.9 Å². The fourth-order valence-electron chi connectivity index (χ4n) is 3.15. The van der Waals surface area contributed by atoms with Gasteiger partial charge in [0.25, 0.3) is 0 Å². The second kappa shape index (κ2) is 11.8. The van der Waals surface area contributed by atoms with E-state index in [9.17, 15) is 0 Å². The highest BCUT2D eigenvalue weighted by Crippen LogP contribution is 2.29. The molecule has 0 fully saturated rings. The number of nitrogens with one attached hydrogen (secondary N) is 1. The van der Waals surface area contributed by atoms with Gasteiger partial charge < -0.3 is 20.5 Å². The third kappa shape index (κ3) is 6.28. The fourth-order valence-corrected chi connectivity index (χ4v) is 3.15. The Labute approximate surface area is 174 Å². The average molecular weight is 396 g/mol. The van der Waals surface area contributed by atoms with Crippen LogP contribution >= 0.6 is 0 Å². The lowest BCUT2D eigenvalue weighted by atomic mass is 10.1. The predicted molar refractivity (Wildman–Crippen MR) is 122 cm³/mol. The lowest BCUT2D eigenvalue weighted by Gasteiger charge is -2.16. The molecule has 156 valence electrons. The molecule has 0 amide bonds. The minimum atomic E-state index is 0.418. The summed E-state index contributed by atoms with van der Waals surface area (Å²) in [5.74, 6) is 1.64. The molecule has 5 heteroatoms. The Hall–Kier alpha value is -2.95. The molecule has 0 aliphatic rings. The van der Waals surface area contributed by atoms with Crippen LogP contribution in [0.15, 0.2) is 53.7 Å². The molecule has 2 aromatic rings. The minimum Gasteiger partial charge on any atom is -0.496 e. The van der Waals surface area contributed by atoms with E-state index < -0.39 is 0 Å². The normalized spacial score (nSPS) is 11.7. The van der Waals surface area contributed by atoms with Crippen molar-refractivity contribution < 1.29 is 9.47 Å². The monoisotopic (exact) mass is 395 g/mol. The Balaban J connectivity index is 2.17. The van der Waals surface area contributed by atoms with E-state index in [1.54, 1.807) is 13.3 Å². The molecular formula is C24H33N3O2. The molecule has 0 unspecified atom stereocenters. The highest BCUT2D eigenvalue weighted by atomic mass is 16.5. The van der Waals surface area contributed by atoms with Crippen molar-refractivity contribution in [3.8, 4) is 11.5 Å². The average Bonchev–Trinajstić information content (AvgIpc) is 2.74. The maximum atomic E-state index is 6.11. The lowest BCUT2D eigenvalue weighted by Crippen LogP contribution is -2.05. The van der Waals surface area contributed by atoms with Gasteiger partial charge in [0.15, 0.2) is 0 Å². The fraction of sp³-hybridized carbons (Fsp3) is 0.375. The van der Waals surface area contributed by atoms with Crippen LogP contribution in [-0.4, -0.2) is 26.4 Å². The van der Waals surface area contributed by atoms with Crippen LogP contribution in [0, 0.1) is 6.92 Å². The van der Waals surface area contributed by atoms with Crippen LogP contribution in [-0.2, 0) is 6.61 Å². The summed E-state index contributed by atoms with van der Waals surface area (Å²) in [6.07, 6.45) is 6.86. The van der Waals surface area contributed by atoms with Crippen LogP contribution in [0.25, 0.3) is 0 Å². The molecule has 0 aromatic heterocycles. The largest absolute Gasteiger partial charge is 0.496 e. The van der Waals surface area contributed by atoms with Crippen LogP contribution in [0.2, 0.25) is 0 Å². The summed E-state index contributed by atoms with van der Waals surface area (Å²) in [4.78, 5) is 4.72. The summed E-state index contributed by atoms with van der Waals surface area (Å²) in [5.41, 5.74) is 10.6. The highest BCUT2D eigenvalue weighted by Gasteiger charge is 2.11. The highest BCUT2D eigenvalue weighted by molar-refractivity contribution is 6.08. The van der Waals surface area contributed by atoms with E-state index in [0.717, 1.165) is 52.6 Å². The number of anilines is 1. The van der Waals surface area contributed by atoms with Crippen molar-refractivity contribution in [2.75, 3.05) is 26.0 Å². The number of rotatable bonds is 11. The first-order valence-corrected chi connectivity index (χ1v) is 10.1. The predicted octanol–water partition coefficient (Wildman–Crippen LogP) is 5.08. The minimum absolute atomic E-state index is 0.418. The zero-order valence-electron chi connectivity index (χ0n) is 18.0. The number of methoxy groups -OCH3 is 1. The van der Waals surface area contributed by atoms with E-state index in [0.29, 0.717) is 6.61 Å². The molecular weight excluding hydrogens is 362 g/mol. The molecule has 29 heavy (non-hydrogen) atoms. The van der Waals surface area contributed by atoms with Gasteiger partial charge in [0.2, 0.25) is 0 Å². The van der Waals surface area contributed by atoms with Gasteiger partial charge in [0.05, 0.1) is 18.4 Å². The standard InChI is InChI=1S/C24H33N3O2/c1-5-6-7-15-27-21(13-14-25)19-11-12-23(18(2)16-19)29-17-20-22(26-3)9-8-10-24(20)28-4/h8-14,16,26H,5-7,15,17,25H2,1-4H3. The molecule has 0 radical (unpaired) electrons. The molecule has 2 rings (SSSR count). The number of allylic oxidation sites excluding steroid dienone is 1. The molecule has 0 spiro atoms. The summed E-state index contributed by atoms with van der Waals surface area (Å²) >= 11 is 0. The number of hydrogen-bond acceptors (Lipinski definition) is 5. The Morgan fingerprint density at radius 3 is 2.66 bits per heavy atom. The van der Waals surface area contributed by atoms with Crippen molar-refractivity contribution in [1.82, 2.24) is 0 Å². The zero-order valence-corrected chi connectivity index (χ0v) is 18.0. The summed E-state index contributed by atoms with van der Waals surface area (Å²) in [5, 5.41) is 3.19. The third-order valence-corrected chi connectivity index (χ3v) is 4.76. The number of nitrogens with zero attached hydrogens (tertiary/aromatic N) is 1. The molecule has 2 aromatic carbocycles. The first kappa shape index (κ1) is 22.3. The van der Waals surface area contributed by atoms with Gasteiger partial charge in [-0.15, -0.1) is 0 Å². The molecule has 0 bridgehead atoms. The first-order valence-electron chi connectivity index (χ1n) is 10.1. The summed E-state index contributed by atoms with van der Waals surface area (Å²) in [6.45, 7) is 5.46. The van der Waals surface area contributed by atoms with Crippen molar-refractivity contribution in [2.24, 2.45) is 10.7 Å². The number of benzene rings is 2. The van der Waals surface area contributed by atoms with Crippen molar-refractivity contribution in [2.45, 2.75) is 39.7 Å². The van der Waals surface area contributed by atoms with Gasteiger partial charge >= 0.3 is 0 Å². The van der Waals surface area contributed by atoms with Gasteiger partial charge in [-0.2, -0.15) is 0 Å². The molecule has 0 saturated carbocycles. The first-order chi connectivity index (χ1) is 14.1. The Morgan fingerprint density at radius 1 is 1.17 bits per heavy atom. The van der Waals surface area contributed by atoms with Crippen molar-refractivity contribution in [3.63, 3.8) is 0 Å². The maximum Gasteiger partial charge on any atom is 0.127 e. The van der Waals surface area contributed by atoms with Gasteiger partial charge in [0.1, 0.15) is 18.1 Å². The summed E-state index contributed by atoms with van der Waals surface area (Å²) in [7, 11) is 3.56. The van der Waals surface area contributed by atoms with E-state index in [4.69, 9.17) is 20.2 Å². The molecule has 0 aliphatic heterocycles. The van der Waals surface area contributed by atoms with Gasteiger partial charge in [-0.1, -0.05) is 25.8 Å². The van der Waals surface area contributed by atoms with Crippen molar-refractivity contribution in [3.05, 3.63) is 65.4 Å². The number of unbranched alkanes of at least 4 members (excludes halogenated alkanes) is 2. The van der Waals surface area contributed by atoms with Crippen LogP contribution in [0.3, 0.4) is 0 Å². The van der Waals surface area contributed by atoms with E-state index in [1.165, 1.54) is 12.8 Å². The van der Waals surface area contributed by atoms with E-state index in [1.807, 2.05) is 50.4 Å². The van der Waals surface area contributed by atoms with Crippen molar-refractivity contribution >= 4 is 11.4 Å². The lowest BCUT2D eigenvalue weighted by molar-refractivity contribution is 0.295.